The summed E-state index contributed by atoms with van der Waals surface area (Å²) in [5.74, 6) is 0.526. The number of nitrogens with zero attached hydrogens (tertiary/aromatic N) is 1. The van der Waals surface area contributed by atoms with Gasteiger partial charge in [0.1, 0.15) is 12.4 Å². The van der Waals surface area contributed by atoms with Crippen molar-refractivity contribution in [2.75, 3.05) is 32.6 Å². The molecule has 0 heterocycles. The minimum atomic E-state index is -0.204. The zero-order valence-corrected chi connectivity index (χ0v) is 14.7. The number of anilines is 1. The third kappa shape index (κ3) is 4.18. The molecule has 25 heavy (non-hydrogen) atoms. The Morgan fingerprint density at radius 2 is 1.96 bits per heavy atom. The molecule has 1 aliphatic carbocycles. The Balaban J connectivity index is 1.66. The maximum absolute atomic E-state index is 12.7. The number of benzene rings is 2. The number of amides is 1. The molecule has 0 aliphatic heterocycles. The maximum Gasteiger partial charge on any atom is 0.232 e. The van der Waals surface area contributed by atoms with Crippen LogP contribution in [0.4, 0.5) is 5.69 Å². The van der Waals surface area contributed by atoms with Crippen LogP contribution in [0.5, 0.6) is 5.75 Å². The third-order valence-electron chi connectivity index (χ3n) is 4.49. The molecular weight excluding hydrogens is 314 g/mol. The van der Waals surface area contributed by atoms with Crippen molar-refractivity contribution in [3.63, 3.8) is 0 Å². The number of nitrogens with one attached hydrogen (secondary N) is 1. The number of ether oxygens (including phenoxy) is 1. The fourth-order valence-electron chi connectivity index (χ4n) is 3.16. The first-order valence-corrected chi connectivity index (χ1v) is 8.57. The molecule has 2 aromatic rings. The van der Waals surface area contributed by atoms with E-state index in [1.807, 2.05) is 62.6 Å². The van der Waals surface area contributed by atoms with E-state index in [-0.39, 0.29) is 17.9 Å². The average Bonchev–Trinajstić information content (AvgIpc) is 2.92. The molecular formula is C20H25N3O2. The number of carbonyl (C=O) groups excluding carboxylic acids is 1. The molecule has 2 unspecified atom stereocenters. The molecule has 0 fully saturated rings. The number of hydrogen-bond acceptors (Lipinski definition) is 4. The van der Waals surface area contributed by atoms with E-state index < -0.39 is 0 Å². The van der Waals surface area contributed by atoms with Gasteiger partial charge in [0.05, 0.1) is 5.92 Å². The highest BCUT2D eigenvalue weighted by molar-refractivity contribution is 5.96. The lowest BCUT2D eigenvalue weighted by molar-refractivity contribution is -0.117. The Bertz CT molecular complexity index is 745. The van der Waals surface area contributed by atoms with Gasteiger partial charge in [0.2, 0.25) is 5.91 Å². The average molecular weight is 339 g/mol. The van der Waals surface area contributed by atoms with Gasteiger partial charge < -0.3 is 20.7 Å². The molecule has 0 saturated carbocycles. The normalized spacial score (nSPS) is 18.9. The molecule has 2 aromatic carbocycles. The van der Waals surface area contributed by atoms with E-state index in [1.165, 1.54) is 0 Å². The van der Waals surface area contributed by atoms with E-state index in [0.29, 0.717) is 13.0 Å². The smallest absolute Gasteiger partial charge is 0.232 e. The van der Waals surface area contributed by atoms with Crippen LogP contribution in [0.25, 0.3) is 0 Å². The van der Waals surface area contributed by atoms with Crippen molar-refractivity contribution in [1.29, 1.82) is 0 Å². The Kier molecular flexibility index (Phi) is 5.36. The quantitative estimate of drug-likeness (QED) is 0.849. The second-order valence-corrected chi connectivity index (χ2v) is 6.69. The molecule has 0 aromatic heterocycles. The van der Waals surface area contributed by atoms with E-state index in [2.05, 4.69) is 10.2 Å². The Hall–Kier alpha value is -2.37. The van der Waals surface area contributed by atoms with Crippen molar-refractivity contribution < 1.29 is 9.53 Å². The van der Waals surface area contributed by atoms with E-state index in [4.69, 9.17) is 10.5 Å². The van der Waals surface area contributed by atoms with Crippen LogP contribution < -0.4 is 15.8 Å². The van der Waals surface area contributed by atoms with Crippen molar-refractivity contribution in [2.24, 2.45) is 5.73 Å². The summed E-state index contributed by atoms with van der Waals surface area (Å²) < 4.78 is 5.72. The van der Waals surface area contributed by atoms with Gasteiger partial charge in [0, 0.05) is 24.3 Å². The molecule has 3 N–H and O–H groups in total. The zero-order chi connectivity index (χ0) is 17.8. The van der Waals surface area contributed by atoms with E-state index in [9.17, 15) is 4.79 Å². The molecule has 1 amide bonds. The summed E-state index contributed by atoms with van der Waals surface area (Å²) in [6.45, 7) is 1.45. The maximum atomic E-state index is 12.7. The van der Waals surface area contributed by atoms with E-state index in [0.717, 1.165) is 29.1 Å². The SMILES string of the molecule is CN(C)CCOc1cccc(NC(=O)C2CC(N)c3ccccc32)c1. The standard InChI is InChI=1S/C20H25N3O2/c1-23(2)10-11-25-15-7-5-6-14(12-15)22-20(24)18-13-19(21)17-9-4-3-8-16(17)18/h3-9,12,18-19H,10-11,13,21H2,1-2H3,(H,22,24). The van der Waals surface area contributed by atoms with E-state index in [1.54, 1.807) is 0 Å². The summed E-state index contributed by atoms with van der Waals surface area (Å²) in [6, 6.07) is 15.4. The highest BCUT2D eigenvalue weighted by Gasteiger charge is 2.33. The summed E-state index contributed by atoms with van der Waals surface area (Å²) in [5.41, 5.74) is 9.01. The summed E-state index contributed by atoms with van der Waals surface area (Å²) in [5, 5.41) is 3.00. The van der Waals surface area contributed by atoms with Gasteiger partial charge in [0.25, 0.3) is 0 Å². The highest BCUT2D eigenvalue weighted by atomic mass is 16.5. The lowest BCUT2D eigenvalue weighted by atomic mass is 10.0. The Morgan fingerprint density at radius 3 is 2.72 bits per heavy atom. The predicted molar refractivity (Wildman–Crippen MR) is 99.8 cm³/mol. The fourth-order valence-corrected chi connectivity index (χ4v) is 3.16. The van der Waals surface area contributed by atoms with Gasteiger partial charge >= 0.3 is 0 Å². The third-order valence-corrected chi connectivity index (χ3v) is 4.49. The molecule has 5 nitrogen and oxygen atoms in total. The molecule has 3 rings (SSSR count). The van der Waals surface area contributed by atoms with Gasteiger partial charge in [0.15, 0.2) is 0 Å². The highest BCUT2D eigenvalue weighted by Crippen LogP contribution is 2.39. The summed E-state index contributed by atoms with van der Waals surface area (Å²) in [7, 11) is 4.01. The number of likely N-dealkylation sites (N-methyl/N-ethyl adjacent to an activating group) is 1. The second-order valence-electron chi connectivity index (χ2n) is 6.69. The van der Waals surface area contributed by atoms with Crippen LogP contribution in [-0.4, -0.2) is 38.1 Å². The number of nitrogens with two attached hydrogens (primary N) is 1. The van der Waals surface area contributed by atoms with Crippen LogP contribution in [0.1, 0.15) is 29.5 Å². The first-order valence-electron chi connectivity index (χ1n) is 8.57. The summed E-state index contributed by atoms with van der Waals surface area (Å²) in [4.78, 5) is 14.8. The number of hydrogen-bond donors (Lipinski definition) is 2. The first kappa shape index (κ1) is 17.5. The molecule has 1 aliphatic rings. The van der Waals surface area contributed by atoms with Crippen molar-refractivity contribution >= 4 is 11.6 Å². The van der Waals surface area contributed by atoms with Gasteiger partial charge in [-0.2, -0.15) is 0 Å². The van der Waals surface area contributed by atoms with Crippen LogP contribution in [0.2, 0.25) is 0 Å². The van der Waals surface area contributed by atoms with Crippen molar-refractivity contribution in [3.05, 3.63) is 59.7 Å². The second kappa shape index (κ2) is 7.68. The van der Waals surface area contributed by atoms with Crippen LogP contribution >= 0.6 is 0 Å². The number of fused-ring (bicyclic) bond motifs is 1. The molecule has 132 valence electrons. The molecule has 0 spiro atoms. The minimum Gasteiger partial charge on any atom is -0.492 e. The fraction of sp³-hybridized carbons (Fsp3) is 0.350. The van der Waals surface area contributed by atoms with Gasteiger partial charge in [-0.05, 0) is 43.8 Å². The van der Waals surface area contributed by atoms with Crippen LogP contribution in [0.15, 0.2) is 48.5 Å². The molecule has 0 saturated heterocycles. The largest absolute Gasteiger partial charge is 0.492 e. The molecule has 0 radical (unpaired) electrons. The van der Waals surface area contributed by atoms with Crippen molar-refractivity contribution in [3.8, 4) is 5.75 Å². The lowest BCUT2D eigenvalue weighted by Crippen LogP contribution is -2.20. The monoisotopic (exact) mass is 339 g/mol. The Morgan fingerprint density at radius 1 is 1.20 bits per heavy atom. The van der Waals surface area contributed by atoms with Crippen molar-refractivity contribution in [1.82, 2.24) is 4.90 Å². The van der Waals surface area contributed by atoms with Crippen LogP contribution in [0.3, 0.4) is 0 Å². The van der Waals surface area contributed by atoms with Crippen LogP contribution in [-0.2, 0) is 4.79 Å². The summed E-state index contributed by atoms with van der Waals surface area (Å²) in [6.07, 6.45) is 0.643. The summed E-state index contributed by atoms with van der Waals surface area (Å²) >= 11 is 0. The van der Waals surface area contributed by atoms with Gasteiger partial charge in [-0.1, -0.05) is 30.3 Å². The van der Waals surface area contributed by atoms with Crippen LogP contribution in [0, 0.1) is 0 Å². The minimum absolute atomic E-state index is 0.0224. The first-order chi connectivity index (χ1) is 12.0. The lowest BCUT2D eigenvalue weighted by Gasteiger charge is -2.14. The van der Waals surface area contributed by atoms with Gasteiger partial charge in [-0.3, -0.25) is 4.79 Å². The number of rotatable bonds is 6. The molecule has 5 heteroatoms. The predicted octanol–water partition coefficient (Wildman–Crippen LogP) is 2.75. The number of carbonyl (C=O) groups is 1. The van der Waals surface area contributed by atoms with Gasteiger partial charge in [-0.25, -0.2) is 0 Å². The van der Waals surface area contributed by atoms with Crippen molar-refractivity contribution in [2.45, 2.75) is 18.4 Å². The molecule has 2 atom stereocenters. The Labute approximate surface area is 148 Å². The molecule has 0 bridgehead atoms. The topological polar surface area (TPSA) is 67.6 Å². The zero-order valence-electron chi connectivity index (χ0n) is 14.7. The van der Waals surface area contributed by atoms with Gasteiger partial charge in [-0.15, -0.1) is 0 Å². The van der Waals surface area contributed by atoms with E-state index >= 15 is 0 Å².